The Morgan fingerprint density at radius 1 is 1.59 bits per heavy atom. The van der Waals surface area contributed by atoms with E-state index in [2.05, 4.69) is 31.0 Å². The summed E-state index contributed by atoms with van der Waals surface area (Å²) in [5.74, 6) is 0. The third-order valence-electron chi connectivity index (χ3n) is 2.87. The molecule has 0 fully saturated rings. The second kappa shape index (κ2) is 5.34. The minimum atomic E-state index is 0.875. The maximum Gasteiger partial charge on any atom is 0.0535 e. The van der Waals surface area contributed by atoms with Crippen molar-refractivity contribution in [1.82, 2.24) is 5.32 Å². The Balaban J connectivity index is 2.33. The highest BCUT2D eigenvalue weighted by molar-refractivity contribution is 7.14. The normalized spacial score (nSPS) is 16.8. The summed E-state index contributed by atoms with van der Waals surface area (Å²) in [6.45, 7) is 7.81. The van der Waals surface area contributed by atoms with Crippen LogP contribution in [0.2, 0.25) is 0 Å². The highest BCUT2D eigenvalue weighted by atomic mass is 32.1. The third-order valence-corrected chi connectivity index (χ3v) is 4.23. The van der Waals surface area contributed by atoms with Crippen LogP contribution in [0.15, 0.2) is 30.9 Å². The third kappa shape index (κ3) is 2.68. The fourth-order valence-corrected chi connectivity index (χ4v) is 3.10. The van der Waals surface area contributed by atoms with E-state index in [0.29, 0.717) is 0 Å². The Morgan fingerprint density at radius 3 is 3.06 bits per heavy atom. The van der Waals surface area contributed by atoms with Crippen molar-refractivity contribution < 1.29 is 0 Å². The maximum atomic E-state index is 6.07. The number of thiophene rings is 1. The van der Waals surface area contributed by atoms with E-state index in [-0.39, 0.29) is 0 Å². The molecule has 0 radical (unpaired) electrons. The maximum absolute atomic E-state index is 6.07. The van der Waals surface area contributed by atoms with Crippen molar-refractivity contribution in [1.29, 1.82) is 0 Å². The SMILES string of the molecule is C=C/C=C(/C)c1sc(C2=CCNCC2)cc1N. The van der Waals surface area contributed by atoms with Crippen LogP contribution in [0.1, 0.15) is 23.1 Å². The number of hydrogen-bond acceptors (Lipinski definition) is 3. The zero-order chi connectivity index (χ0) is 12.3. The molecular formula is C14H18N2S. The number of anilines is 1. The molecule has 0 amide bonds. The molecule has 2 nitrogen and oxygen atoms in total. The van der Waals surface area contributed by atoms with Crippen molar-refractivity contribution in [2.75, 3.05) is 18.8 Å². The van der Waals surface area contributed by atoms with Gasteiger partial charge in [-0.3, -0.25) is 0 Å². The van der Waals surface area contributed by atoms with Crippen LogP contribution in [0.3, 0.4) is 0 Å². The predicted octanol–water partition coefficient (Wildman–Crippen LogP) is 3.30. The van der Waals surface area contributed by atoms with E-state index < -0.39 is 0 Å². The zero-order valence-electron chi connectivity index (χ0n) is 10.1. The van der Waals surface area contributed by atoms with Crippen LogP contribution in [-0.4, -0.2) is 13.1 Å². The van der Waals surface area contributed by atoms with Gasteiger partial charge in [-0.1, -0.05) is 24.8 Å². The smallest absolute Gasteiger partial charge is 0.0535 e. The van der Waals surface area contributed by atoms with Gasteiger partial charge in [-0.05, 0) is 37.1 Å². The van der Waals surface area contributed by atoms with Gasteiger partial charge in [-0.15, -0.1) is 11.3 Å². The van der Waals surface area contributed by atoms with Gasteiger partial charge in [0.25, 0.3) is 0 Å². The molecule has 17 heavy (non-hydrogen) atoms. The van der Waals surface area contributed by atoms with Crippen LogP contribution < -0.4 is 11.1 Å². The fraction of sp³-hybridized carbons (Fsp3) is 0.286. The molecule has 0 unspecified atom stereocenters. The highest BCUT2D eigenvalue weighted by Crippen LogP contribution is 2.36. The number of hydrogen-bond donors (Lipinski definition) is 2. The first-order chi connectivity index (χ1) is 8.22. The summed E-state index contributed by atoms with van der Waals surface area (Å²) < 4.78 is 0. The van der Waals surface area contributed by atoms with E-state index in [1.54, 1.807) is 17.4 Å². The Hall–Kier alpha value is -1.32. The average molecular weight is 246 g/mol. The van der Waals surface area contributed by atoms with Gasteiger partial charge in [0.15, 0.2) is 0 Å². The van der Waals surface area contributed by atoms with E-state index in [1.807, 2.05) is 6.08 Å². The standard InChI is InChI=1S/C14H18N2S/c1-3-4-10(2)14-12(15)9-13(17-14)11-5-7-16-8-6-11/h3-5,9,16H,1,6-8,15H2,2H3/b10-4-. The molecule has 2 rings (SSSR count). The van der Waals surface area contributed by atoms with Crippen molar-refractivity contribution in [2.24, 2.45) is 0 Å². The molecule has 90 valence electrons. The summed E-state index contributed by atoms with van der Waals surface area (Å²) in [6, 6.07) is 2.09. The molecule has 1 aromatic rings. The number of rotatable bonds is 3. The van der Waals surface area contributed by atoms with Gasteiger partial charge < -0.3 is 11.1 Å². The predicted molar refractivity (Wildman–Crippen MR) is 78.0 cm³/mol. The first-order valence-corrected chi connectivity index (χ1v) is 6.63. The van der Waals surface area contributed by atoms with E-state index in [1.165, 1.54) is 20.9 Å². The largest absolute Gasteiger partial charge is 0.398 e. The fourth-order valence-electron chi connectivity index (χ4n) is 1.97. The van der Waals surface area contributed by atoms with Crippen LogP contribution in [-0.2, 0) is 0 Å². The van der Waals surface area contributed by atoms with Gasteiger partial charge in [0.1, 0.15) is 0 Å². The number of nitrogens with two attached hydrogens (primary N) is 1. The quantitative estimate of drug-likeness (QED) is 0.803. The summed E-state index contributed by atoms with van der Waals surface area (Å²) in [5, 5.41) is 3.32. The van der Waals surface area contributed by atoms with Crippen LogP contribution in [0.5, 0.6) is 0 Å². The molecule has 0 aromatic carbocycles. The first-order valence-electron chi connectivity index (χ1n) is 5.81. The van der Waals surface area contributed by atoms with Crippen LogP contribution in [0.25, 0.3) is 11.1 Å². The molecular weight excluding hydrogens is 228 g/mol. The molecule has 1 aliphatic rings. The van der Waals surface area contributed by atoms with Crippen molar-refractivity contribution in [2.45, 2.75) is 13.3 Å². The second-order valence-electron chi connectivity index (χ2n) is 4.16. The molecule has 2 heterocycles. The number of allylic oxidation sites excluding steroid dienone is 3. The Bertz CT molecular complexity index is 480. The lowest BCUT2D eigenvalue weighted by molar-refractivity contribution is 0.739. The molecule has 3 N–H and O–H groups in total. The molecule has 3 heteroatoms. The Labute approximate surface area is 107 Å². The van der Waals surface area contributed by atoms with Gasteiger partial charge >= 0.3 is 0 Å². The minimum Gasteiger partial charge on any atom is -0.398 e. The molecule has 1 aliphatic heterocycles. The molecule has 0 bridgehead atoms. The van der Waals surface area contributed by atoms with E-state index in [9.17, 15) is 0 Å². The van der Waals surface area contributed by atoms with E-state index in [4.69, 9.17) is 5.73 Å². The monoisotopic (exact) mass is 246 g/mol. The van der Waals surface area contributed by atoms with Crippen molar-refractivity contribution in [3.8, 4) is 0 Å². The summed E-state index contributed by atoms with van der Waals surface area (Å²) >= 11 is 1.78. The summed E-state index contributed by atoms with van der Waals surface area (Å²) in [7, 11) is 0. The Morgan fingerprint density at radius 2 is 2.41 bits per heavy atom. The van der Waals surface area contributed by atoms with Crippen LogP contribution in [0.4, 0.5) is 5.69 Å². The lowest BCUT2D eigenvalue weighted by Crippen LogP contribution is -2.19. The van der Waals surface area contributed by atoms with Crippen LogP contribution in [0, 0.1) is 0 Å². The molecule has 0 saturated heterocycles. The highest BCUT2D eigenvalue weighted by Gasteiger charge is 2.12. The summed E-state index contributed by atoms with van der Waals surface area (Å²) in [6.07, 6.45) is 7.15. The molecule has 0 saturated carbocycles. The molecule has 1 aromatic heterocycles. The average Bonchev–Trinajstić information content (AvgIpc) is 2.73. The summed E-state index contributed by atoms with van der Waals surface area (Å²) in [4.78, 5) is 2.47. The van der Waals surface area contributed by atoms with E-state index >= 15 is 0 Å². The zero-order valence-corrected chi connectivity index (χ0v) is 10.9. The van der Waals surface area contributed by atoms with Gasteiger partial charge in [0.2, 0.25) is 0 Å². The molecule has 0 aliphatic carbocycles. The molecule has 0 spiro atoms. The lowest BCUT2D eigenvalue weighted by Gasteiger charge is -2.11. The number of nitrogens with one attached hydrogen (secondary N) is 1. The topological polar surface area (TPSA) is 38.0 Å². The number of nitrogen functional groups attached to an aromatic ring is 1. The molecule has 0 atom stereocenters. The first kappa shape index (κ1) is 12.1. The van der Waals surface area contributed by atoms with E-state index in [0.717, 1.165) is 25.2 Å². The van der Waals surface area contributed by atoms with Gasteiger partial charge in [0.05, 0.1) is 10.6 Å². The van der Waals surface area contributed by atoms with Gasteiger partial charge in [-0.25, -0.2) is 0 Å². The Kier molecular flexibility index (Phi) is 3.82. The van der Waals surface area contributed by atoms with Crippen molar-refractivity contribution in [3.05, 3.63) is 40.6 Å². The van der Waals surface area contributed by atoms with Gasteiger partial charge in [0, 0.05) is 11.4 Å². The van der Waals surface area contributed by atoms with Crippen LogP contribution >= 0.6 is 11.3 Å². The van der Waals surface area contributed by atoms with Crippen molar-refractivity contribution >= 4 is 28.2 Å². The lowest BCUT2D eigenvalue weighted by atomic mass is 10.1. The summed E-state index contributed by atoms with van der Waals surface area (Å²) in [5.41, 5.74) is 9.55. The van der Waals surface area contributed by atoms with Gasteiger partial charge in [-0.2, -0.15) is 0 Å². The minimum absolute atomic E-state index is 0.875. The second-order valence-corrected chi connectivity index (χ2v) is 5.22. The van der Waals surface area contributed by atoms with Crippen molar-refractivity contribution in [3.63, 3.8) is 0 Å².